The zero-order valence-electron chi connectivity index (χ0n) is 13.6. The average Bonchev–Trinajstić information content (AvgIpc) is 3.29. The summed E-state index contributed by atoms with van der Waals surface area (Å²) in [6.45, 7) is 1.21. The molecule has 1 aromatic heterocycles. The fraction of sp³-hybridized carbons (Fsp3) is 0.200. The van der Waals surface area contributed by atoms with E-state index < -0.39 is 0 Å². The first-order valence-electron chi connectivity index (χ1n) is 8.30. The van der Waals surface area contributed by atoms with Gasteiger partial charge in [-0.15, -0.1) is 0 Å². The Balaban J connectivity index is 1.66. The Labute approximate surface area is 145 Å². The van der Waals surface area contributed by atoms with Crippen LogP contribution in [0, 0.1) is 17.3 Å². The first-order chi connectivity index (χ1) is 12.3. The van der Waals surface area contributed by atoms with Crippen molar-refractivity contribution in [3.05, 3.63) is 66.1 Å². The molecule has 2 heterocycles. The van der Waals surface area contributed by atoms with Crippen LogP contribution in [0.4, 0.5) is 4.39 Å². The zero-order valence-corrected chi connectivity index (χ0v) is 13.6. The minimum atomic E-state index is -0.310. The summed E-state index contributed by atoms with van der Waals surface area (Å²) >= 11 is 0. The third-order valence-electron chi connectivity index (χ3n) is 4.71. The maximum Gasteiger partial charge on any atom is 0.179 e. The Morgan fingerprint density at radius 3 is 2.60 bits per heavy atom. The molecule has 0 radical (unpaired) electrons. The molecule has 0 saturated carbocycles. The fourth-order valence-electron chi connectivity index (χ4n) is 3.37. The highest BCUT2D eigenvalue weighted by atomic mass is 19.1. The SMILES string of the molecule is N#CN1CCC(c2[nH]nc(-c3cccc(-c4ccccc4)c3)c2F)C1. The van der Waals surface area contributed by atoms with E-state index in [0.717, 1.165) is 23.1 Å². The molecule has 1 atom stereocenters. The molecule has 0 amide bonds. The summed E-state index contributed by atoms with van der Waals surface area (Å²) in [5.41, 5.74) is 3.69. The van der Waals surface area contributed by atoms with Gasteiger partial charge in [-0.2, -0.15) is 10.4 Å². The number of nitriles is 1. The van der Waals surface area contributed by atoms with Gasteiger partial charge in [0.25, 0.3) is 0 Å². The van der Waals surface area contributed by atoms with E-state index in [2.05, 4.69) is 16.4 Å². The maximum atomic E-state index is 14.9. The highest BCUT2D eigenvalue weighted by Crippen LogP contribution is 2.33. The van der Waals surface area contributed by atoms with Gasteiger partial charge < -0.3 is 4.90 Å². The Bertz CT molecular complexity index is 926. The number of hydrogen-bond acceptors (Lipinski definition) is 3. The molecule has 1 unspecified atom stereocenters. The van der Waals surface area contributed by atoms with Gasteiger partial charge in [-0.3, -0.25) is 5.10 Å². The van der Waals surface area contributed by atoms with Crippen LogP contribution in [0.2, 0.25) is 0 Å². The molecule has 2 aromatic carbocycles. The summed E-state index contributed by atoms with van der Waals surface area (Å²) in [6.07, 6.45) is 2.88. The molecule has 25 heavy (non-hydrogen) atoms. The van der Waals surface area contributed by atoms with Crippen LogP contribution in [0.1, 0.15) is 18.0 Å². The number of nitrogens with one attached hydrogen (secondary N) is 1. The fourth-order valence-corrected chi connectivity index (χ4v) is 3.37. The molecule has 0 aliphatic carbocycles. The third-order valence-corrected chi connectivity index (χ3v) is 4.71. The maximum absolute atomic E-state index is 14.9. The monoisotopic (exact) mass is 332 g/mol. The van der Waals surface area contributed by atoms with Crippen molar-refractivity contribution in [2.45, 2.75) is 12.3 Å². The van der Waals surface area contributed by atoms with Crippen molar-refractivity contribution in [3.63, 3.8) is 0 Å². The second-order valence-electron chi connectivity index (χ2n) is 6.28. The van der Waals surface area contributed by atoms with Gasteiger partial charge in [0.2, 0.25) is 0 Å². The van der Waals surface area contributed by atoms with E-state index in [4.69, 9.17) is 5.26 Å². The molecule has 1 N–H and O–H groups in total. The molecule has 5 heteroatoms. The molecular weight excluding hydrogens is 315 g/mol. The number of aromatic nitrogens is 2. The van der Waals surface area contributed by atoms with Gasteiger partial charge in [0.15, 0.2) is 12.0 Å². The van der Waals surface area contributed by atoms with Gasteiger partial charge in [0.05, 0.1) is 5.69 Å². The minimum absolute atomic E-state index is 0.0156. The van der Waals surface area contributed by atoms with Crippen LogP contribution >= 0.6 is 0 Å². The van der Waals surface area contributed by atoms with E-state index in [-0.39, 0.29) is 11.7 Å². The van der Waals surface area contributed by atoms with E-state index in [1.807, 2.05) is 54.6 Å². The smallest absolute Gasteiger partial charge is 0.179 e. The zero-order chi connectivity index (χ0) is 17.2. The van der Waals surface area contributed by atoms with Crippen molar-refractivity contribution < 1.29 is 4.39 Å². The van der Waals surface area contributed by atoms with Crippen molar-refractivity contribution in [1.29, 1.82) is 5.26 Å². The molecule has 0 bridgehead atoms. The Kier molecular flexibility index (Phi) is 3.95. The van der Waals surface area contributed by atoms with Crippen LogP contribution in [0.5, 0.6) is 0 Å². The molecule has 0 spiro atoms. The standard InChI is InChI=1S/C20H17FN4/c21-18-19(23-24-20(18)17-9-10-25(12-17)13-22)16-8-4-7-15(11-16)14-5-2-1-3-6-14/h1-8,11,17H,9-10,12H2,(H,23,24). The number of halogens is 1. The second-order valence-corrected chi connectivity index (χ2v) is 6.28. The summed E-state index contributed by atoms with van der Waals surface area (Å²) in [6, 6.07) is 17.7. The molecule has 4 nitrogen and oxygen atoms in total. The van der Waals surface area contributed by atoms with Crippen molar-refractivity contribution >= 4 is 0 Å². The van der Waals surface area contributed by atoms with Gasteiger partial charge in [0.1, 0.15) is 5.69 Å². The van der Waals surface area contributed by atoms with Crippen LogP contribution in [0.15, 0.2) is 54.6 Å². The summed E-state index contributed by atoms with van der Waals surface area (Å²) in [7, 11) is 0. The van der Waals surface area contributed by atoms with Crippen LogP contribution in [0.25, 0.3) is 22.4 Å². The van der Waals surface area contributed by atoms with Crippen molar-refractivity contribution in [2.24, 2.45) is 0 Å². The molecule has 4 rings (SSSR count). The lowest BCUT2D eigenvalue weighted by Crippen LogP contribution is -2.13. The number of likely N-dealkylation sites (tertiary alicyclic amines) is 1. The summed E-state index contributed by atoms with van der Waals surface area (Å²) in [5.74, 6) is -0.326. The van der Waals surface area contributed by atoms with Crippen LogP contribution in [-0.4, -0.2) is 28.2 Å². The normalized spacial score (nSPS) is 16.8. The topological polar surface area (TPSA) is 55.7 Å². The predicted octanol–water partition coefficient (Wildman–Crippen LogP) is 4.15. The highest BCUT2D eigenvalue weighted by Gasteiger charge is 2.28. The predicted molar refractivity (Wildman–Crippen MR) is 94.0 cm³/mol. The first-order valence-corrected chi connectivity index (χ1v) is 8.30. The number of nitrogens with zero attached hydrogens (tertiary/aromatic N) is 3. The summed E-state index contributed by atoms with van der Waals surface area (Å²) in [4.78, 5) is 1.65. The van der Waals surface area contributed by atoms with Crippen molar-refractivity contribution in [3.8, 4) is 28.6 Å². The van der Waals surface area contributed by atoms with Crippen LogP contribution < -0.4 is 0 Å². The summed E-state index contributed by atoms with van der Waals surface area (Å²) < 4.78 is 14.9. The first kappa shape index (κ1) is 15.4. The van der Waals surface area contributed by atoms with Crippen LogP contribution in [-0.2, 0) is 0 Å². The van der Waals surface area contributed by atoms with Crippen molar-refractivity contribution in [1.82, 2.24) is 15.1 Å². The molecule has 1 aliphatic heterocycles. The van der Waals surface area contributed by atoms with Gasteiger partial charge in [-0.05, 0) is 23.6 Å². The lowest BCUT2D eigenvalue weighted by atomic mass is 10.00. The van der Waals surface area contributed by atoms with E-state index >= 15 is 0 Å². The second kappa shape index (κ2) is 6.40. The third kappa shape index (κ3) is 2.87. The molecule has 1 aliphatic rings. The van der Waals surface area contributed by atoms with Gasteiger partial charge in [-0.1, -0.05) is 48.5 Å². The lowest BCUT2D eigenvalue weighted by Gasteiger charge is -2.07. The highest BCUT2D eigenvalue weighted by molar-refractivity contribution is 5.71. The van der Waals surface area contributed by atoms with E-state index in [1.54, 1.807) is 4.90 Å². The molecule has 3 aromatic rings. The van der Waals surface area contributed by atoms with Gasteiger partial charge >= 0.3 is 0 Å². The number of aromatic amines is 1. The largest absolute Gasteiger partial charge is 0.310 e. The van der Waals surface area contributed by atoms with E-state index in [9.17, 15) is 4.39 Å². The number of benzene rings is 2. The van der Waals surface area contributed by atoms with E-state index in [1.165, 1.54) is 0 Å². The Hall–Kier alpha value is -3.13. The minimum Gasteiger partial charge on any atom is -0.310 e. The molecular formula is C20H17FN4. The molecule has 124 valence electrons. The lowest BCUT2D eigenvalue weighted by molar-refractivity contribution is 0.474. The van der Waals surface area contributed by atoms with Crippen LogP contribution in [0.3, 0.4) is 0 Å². The Morgan fingerprint density at radius 2 is 1.84 bits per heavy atom. The van der Waals surface area contributed by atoms with E-state index in [0.29, 0.717) is 24.5 Å². The average molecular weight is 332 g/mol. The quantitative estimate of drug-likeness (QED) is 0.733. The molecule has 1 saturated heterocycles. The van der Waals surface area contributed by atoms with Crippen molar-refractivity contribution in [2.75, 3.05) is 13.1 Å². The number of rotatable bonds is 3. The van der Waals surface area contributed by atoms with Gasteiger partial charge in [-0.25, -0.2) is 4.39 Å². The Morgan fingerprint density at radius 1 is 1.08 bits per heavy atom. The van der Waals surface area contributed by atoms with Gasteiger partial charge in [0, 0.05) is 24.6 Å². The molecule has 1 fully saturated rings. The number of hydrogen-bond donors (Lipinski definition) is 1. The number of H-pyrrole nitrogens is 1. The summed E-state index contributed by atoms with van der Waals surface area (Å²) in [5, 5.41) is 16.1.